The van der Waals surface area contributed by atoms with Crippen LogP contribution in [-0.2, 0) is 0 Å². The minimum absolute atomic E-state index is 0. The third-order valence-electron chi connectivity index (χ3n) is 3.04. The summed E-state index contributed by atoms with van der Waals surface area (Å²) in [4.78, 5) is 0. The number of aliphatic hydroxyl groups is 1. The normalized spacial score (nSPS) is 13.8. The molecule has 1 aromatic carbocycles. The molecule has 0 fully saturated rings. The molecule has 0 saturated heterocycles. The fourth-order valence-electron chi connectivity index (χ4n) is 1.81. The predicted molar refractivity (Wildman–Crippen MR) is 78.9 cm³/mol. The molecule has 0 radical (unpaired) electrons. The van der Waals surface area contributed by atoms with Gasteiger partial charge in [-0.2, -0.15) is 0 Å². The van der Waals surface area contributed by atoms with Gasteiger partial charge in [-0.05, 0) is 36.5 Å². The molecule has 0 unspecified atom stereocenters. The number of nitrogens with two attached hydrogens (primary N) is 1. The smallest absolute Gasteiger partial charge is 0.160 e. The number of benzene rings is 1. The molecule has 0 aliphatic carbocycles. The SMILES string of the molecule is COc1cc([C@H](N)[C@H](O)CCC(C)C)ccc1O.Cl. The number of rotatable bonds is 6. The largest absolute Gasteiger partial charge is 0.504 e. The highest BCUT2D eigenvalue weighted by Crippen LogP contribution is 2.30. The number of methoxy groups -OCH3 is 1. The molecule has 0 aliphatic heterocycles. The summed E-state index contributed by atoms with van der Waals surface area (Å²) in [7, 11) is 1.49. The quantitative estimate of drug-likeness (QED) is 0.752. The minimum atomic E-state index is -0.582. The van der Waals surface area contributed by atoms with Gasteiger partial charge in [0.2, 0.25) is 0 Å². The van der Waals surface area contributed by atoms with E-state index in [1.807, 2.05) is 0 Å². The topological polar surface area (TPSA) is 75.7 Å². The first-order valence-electron chi connectivity index (χ1n) is 6.26. The Kier molecular flexibility index (Phi) is 7.83. The number of halogens is 1. The number of hydrogen-bond donors (Lipinski definition) is 3. The van der Waals surface area contributed by atoms with E-state index in [0.29, 0.717) is 18.1 Å². The van der Waals surface area contributed by atoms with Crippen molar-refractivity contribution in [2.75, 3.05) is 7.11 Å². The van der Waals surface area contributed by atoms with E-state index in [2.05, 4.69) is 13.8 Å². The van der Waals surface area contributed by atoms with Crippen LogP contribution in [-0.4, -0.2) is 23.4 Å². The molecule has 5 heteroatoms. The molecule has 19 heavy (non-hydrogen) atoms. The van der Waals surface area contributed by atoms with E-state index in [-0.39, 0.29) is 18.2 Å². The summed E-state index contributed by atoms with van der Waals surface area (Å²) < 4.78 is 5.03. The van der Waals surface area contributed by atoms with Crippen molar-refractivity contribution in [3.8, 4) is 11.5 Å². The molecule has 4 nitrogen and oxygen atoms in total. The van der Waals surface area contributed by atoms with Crippen LogP contribution >= 0.6 is 12.4 Å². The number of phenols is 1. The zero-order valence-corrected chi connectivity index (χ0v) is 12.5. The summed E-state index contributed by atoms with van der Waals surface area (Å²) in [5, 5.41) is 19.5. The first-order valence-corrected chi connectivity index (χ1v) is 6.26. The summed E-state index contributed by atoms with van der Waals surface area (Å²) in [5.41, 5.74) is 6.78. The highest BCUT2D eigenvalue weighted by atomic mass is 35.5. The average molecular weight is 290 g/mol. The molecule has 0 bridgehead atoms. The van der Waals surface area contributed by atoms with Gasteiger partial charge < -0.3 is 20.7 Å². The Bertz CT molecular complexity index is 385. The van der Waals surface area contributed by atoms with Gasteiger partial charge in [0, 0.05) is 0 Å². The average Bonchev–Trinajstić information content (AvgIpc) is 2.35. The molecule has 0 amide bonds. The Balaban J connectivity index is 0.00000324. The number of aromatic hydroxyl groups is 1. The van der Waals surface area contributed by atoms with Crippen LogP contribution < -0.4 is 10.5 Å². The van der Waals surface area contributed by atoms with E-state index < -0.39 is 12.1 Å². The van der Waals surface area contributed by atoms with Crippen LogP contribution in [0.3, 0.4) is 0 Å². The maximum Gasteiger partial charge on any atom is 0.160 e. The molecule has 0 heterocycles. The molecule has 0 spiro atoms. The van der Waals surface area contributed by atoms with Crippen LogP contribution in [0.25, 0.3) is 0 Å². The summed E-state index contributed by atoms with van der Waals surface area (Å²) in [5.74, 6) is 0.991. The second-order valence-electron chi connectivity index (χ2n) is 5.00. The number of phenolic OH excluding ortho intramolecular Hbond substituents is 1. The Labute approximate surface area is 121 Å². The Morgan fingerprint density at radius 2 is 1.89 bits per heavy atom. The van der Waals surface area contributed by atoms with Crippen molar-refractivity contribution in [3.05, 3.63) is 23.8 Å². The van der Waals surface area contributed by atoms with Gasteiger partial charge in [-0.15, -0.1) is 12.4 Å². The molecule has 110 valence electrons. The van der Waals surface area contributed by atoms with E-state index in [4.69, 9.17) is 10.5 Å². The van der Waals surface area contributed by atoms with Crippen LogP contribution in [0.5, 0.6) is 11.5 Å². The minimum Gasteiger partial charge on any atom is -0.504 e. The lowest BCUT2D eigenvalue weighted by atomic mass is 9.96. The molecular formula is C14H24ClNO3. The van der Waals surface area contributed by atoms with E-state index >= 15 is 0 Å². The zero-order chi connectivity index (χ0) is 13.7. The first-order chi connectivity index (χ1) is 8.45. The lowest BCUT2D eigenvalue weighted by molar-refractivity contribution is 0.128. The number of aliphatic hydroxyl groups excluding tert-OH is 1. The van der Waals surface area contributed by atoms with Gasteiger partial charge in [-0.3, -0.25) is 0 Å². The standard InChI is InChI=1S/C14H23NO3.ClH/c1-9(2)4-6-12(17)14(15)10-5-7-11(16)13(8-10)18-3;/h5,7-9,12,14,16-17H,4,6,15H2,1-3H3;1H/t12-,14+;/m1./s1. The van der Waals surface area contributed by atoms with Crippen LogP contribution in [0.2, 0.25) is 0 Å². The second kappa shape index (κ2) is 8.25. The van der Waals surface area contributed by atoms with Gasteiger partial charge in [0.25, 0.3) is 0 Å². The Hall–Kier alpha value is -0.970. The molecular weight excluding hydrogens is 266 g/mol. The van der Waals surface area contributed by atoms with Crippen molar-refractivity contribution in [1.82, 2.24) is 0 Å². The van der Waals surface area contributed by atoms with Crippen LogP contribution in [0.15, 0.2) is 18.2 Å². The third-order valence-corrected chi connectivity index (χ3v) is 3.04. The molecule has 1 rings (SSSR count). The lowest BCUT2D eigenvalue weighted by Crippen LogP contribution is -2.26. The highest BCUT2D eigenvalue weighted by molar-refractivity contribution is 5.85. The lowest BCUT2D eigenvalue weighted by Gasteiger charge is -2.20. The summed E-state index contributed by atoms with van der Waals surface area (Å²) in [6.07, 6.45) is 1.02. The van der Waals surface area contributed by atoms with E-state index in [1.54, 1.807) is 12.1 Å². The van der Waals surface area contributed by atoms with Crippen molar-refractivity contribution < 1.29 is 14.9 Å². The van der Waals surface area contributed by atoms with E-state index in [1.165, 1.54) is 13.2 Å². The Morgan fingerprint density at radius 3 is 2.42 bits per heavy atom. The molecule has 4 N–H and O–H groups in total. The number of hydrogen-bond acceptors (Lipinski definition) is 4. The van der Waals surface area contributed by atoms with Crippen LogP contribution in [0.4, 0.5) is 0 Å². The summed E-state index contributed by atoms with van der Waals surface area (Å²) in [6, 6.07) is 4.45. The number of ether oxygens (including phenoxy) is 1. The third kappa shape index (κ3) is 5.27. The van der Waals surface area contributed by atoms with Crippen LogP contribution in [0, 0.1) is 5.92 Å². The first kappa shape index (κ1) is 18.0. The molecule has 0 aromatic heterocycles. The van der Waals surface area contributed by atoms with E-state index in [9.17, 15) is 10.2 Å². The highest BCUT2D eigenvalue weighted by Gasteiger charge is 2.18. The van der Waals surface area contributed by atoms with Gasteiger partial charge in [0.05, 0.1) is 19.3 Å². The van der Waals surface area contributed by atoms with Crippen molar-refractivity contribution in [2.45, 2.75) is 38.8 Å². The van der Waals surface area contributed by atoms with Crippen molar-refractivity contribution in [1.29, 1.82) is 0 Å². The van der Waals surface area contributed by atoms with Gasteiger partial charge in [0.15, 0.2) is 11.5 Å². The molecule has 0 aliphatic rings. The molecule has 2 atom stereocenters. The fourth-order valence-corrected chi connectivity index (χ4v) is 1.81. The maximum absolute atomic E-state index is 10.0. The second-order valence-corrected chi connectivity index (χ2v) is 5.00. The zero-order valence-electron chi connectivity index (χ0n) is 11.7. The Morgan fingerprint density at radius 1 is 1.26 bits per heavy atom. The molecule has 1 aromatic rings. The van der Waals surface area contributed by atoms with Gasteiger partial charge in [-0.25, -0.2) is 0 Å². The van der Waals surface area contributed by atoms with E-state index in [0.717, 1.165) is 12.0 Å². The predicted octanol–water partition coefficient (Wildman–Crippen LogP) is 2.62. The molecule has 0 saturated carbocycles. The monoisotopic (exact) mass is 289 g/mol. The fraction of sp³-hybridized carbons (Fsp3) is 0.571. The van der Waals surface area contributed by atoms with Gasteiger partial charge in [-0.1, -0.05) is 19.9 Å². The summed E-state index contributed by atoms with van der Waals surface area (Å²) >= 11 is 0. The van der Waals surface area contributed by atoms with Gasteiger partial charge in [0.1, 0.15) is 0 Å². The van der Waals surface area contributed by atoms with Gasteiger partial charge >= 0.3 is 0 Å². The van der Waals surface area contributed by atoms with Crippen LogP contribution in [0.1, 0.15) is 38.3 Å². The van der Waals surface area contributed by atoms with Crippen molar-refractivity contribution in [3.63, 3.8) is 0 Å². The van der Waals surface area contributed by atoms with Crippen molar-refractivity contribution >= 4 is 12.4 Å². The van der Waals surface area contributed by atoms with Crippen molar-refractivity contribution in [2.24, 2.45) is 11.7 Å². The maximum atomic E-state index is 10.0. The summed E-state index contributed by atoms with van der Waals surface area (Å²) in [6.45, 7) is 4.23.